The van der Waals surface area contributed by atoms with Gasteiger partial charge in [0.05, 0.1) is 12.7 Å². The van der Waals surface area contributed by atoms with Crippen LogP contribution < -0.4 is 11.1 Å². The molecule has 7 heteroatoms. The lowest BCUT2D eigenvalue weighted by Gasteiger charge is -2.17. The lowest BCUT2D eigenvalue weighted by Crippen LogP contribution is -2.32. The zero-order chi connectivity index (χ0) is 18.5. The average Bonchev–Trinajstić information content (AvgIpc) is 3.09. The molecule has 0 aliphatic rings. The second-order valence-corrected chi connectivity index (χ2v) is 6.21. The molecule has 0 bridgehead atoms. The fourth-order valence-corrected chi connectivity index (χ4v) is 2.73. The molecule has 0 fully saturated rings. The molecule has 1 heterocycles. The van der Waals surface area contributed by atoms with Crippen molar-refractivity contribution >= 4 is 29.2 Å². The van der Waals surface area contributed by atoms with Crippen LogP contribution in [0.1, 0.15) is 5.56 Å². The second kappa shape index (κ2) is 8.03. The van der Waals surface area contributed by atoms with Crippen molar-refractivity contribution in [3.8, 4) is 11.3 Å². The maximum absolute atomic E-state index is 11.7. The predicted molar refractivity (Wildman–Crippen MR) is 102 cm³/mol. The zero-order valence-electron chi connectivity index (χ0n) is 14.3. The molecule has 0 aliphatic carbocycles. The lowest BCUT2D eigenvalue weighted by atomic mass is 10.1. The summed E-state index contributed by atoms with van der Waals surface area (Å²) in [6.45, 7) is 0.415. The van der Waals surface area contributed by atoms with Crippen LogP contribution >= 0.6 is 11.6 Å². The topological polar surface area (TPSA) is 84.4 Å². The Morgan fingerprint density at radius 1 is 1.27 bits per heavy atom. The predicted octanol–water partition coefficient (Wildman–Crippen LogP) is 3.66. The van der Waals surface area contributed by atoms with Crippen molar-refractivity contribution in [2.45, 2.75) is 6.54 Å². The van der Waals surface area contributed by atoms with E-state index in [0.717, 1.165) is 16.8 Å². The zero-order valence-corrected chi connectivity index (χ0v) is 15.0. The average molecular weight is 371 g/mol. The summed E-state index contributed by atoms with van der Waals surface area (Å²) in [5.41, 5.74) is 8.03. The minimum Gasteiger partial charge on any atom is -0.423 e. The van der Waals surface area contributed by atoms with Gasteiger partial charge in [-0.15, -0.1) is 0 Å². The van der Waals surface area contributed by atoms with Crippen LogP contribution in [0, 0.1) is 0 Å². The van der Waals surface area contributed by atoms with Gasteiger partial charge in [-0.1, -0.05) is 41.9 Å². The Morgan fingerprint density at radius 3 is 2.85 bits per heavy atom. The number of aromatic nitrogens is 1. The van der Waals surface area contributed by atoms with Gasteiger partial charge in [0.15, 0.2) is 5.76 Å². The van der Waals surface area contributed by atoms with Gasteiger partial charge in [-0.3, -0.25) is 4.79 Å². The molecule has 0 radical (unpaired) electrons. The van der Waals surface area contributed by atoms with Crippen LogP contribution in [0.4, 0.5) is 11.7 Å². The Balaban J connectivity index is 1.82. The number of carbonyl (C=O) groups excluding carboxylic acids is 1. The lowest BCUT2D eigenvalue weighted by molar-refractivity contribution is -0.128. The van der Waals surface area contributed by atoms with Crippen molar-refractivity contribution in [2.75, 3.05) is 18.9 Å². The number of carbonyl (C=O) groups is 1. The first-order valence-electron chi connectivity index (χ1n) is 8.07. The SMILES string of the molecule is CN(Cc1ccccc1-c1cnc(Nc2cccc(Cl)c2)o1)C(=O)CN. The van der Waals surface area contributed by atoms with E-state index in [1.165, 1.54) is 0 Å². The van der Waals surface area contributed by atoms with E-state index in [2.05, 4.69) is 10.3 Å². The first-order valence-corrected chi connectivity index (χ1v) is 8.45. The quantitative estimate of drug-likeness (QED) is 0.691. The van der Waals surface area contributed by atoms with Crippen molar-refractivity contribution in [3.05, 3.63) is 65.3 Å². The number of benzene rings is 2. The number of rotatable bonds is 6. The Kier molecular flexibility index (Phi) is 5.55. The molecule has 2 aromatic carbocycles. The molecule has 0 unspecified atom stereocenters. The maximum Gasteiger partial charge on any atom is 0.299 e. The van der Waals surface area contributed by atoms with Crippen molar-refractivity contribution in [2.24, 2.45) is 5.73 Å². The van der Waals surface area contributed by atoms with E-state index in [1.807, 2.05) is 36.4 Å². The number of hydrogen-bond acceptors (Lipinski definition) is 5. The second-order valence-electron chi connectivity index (χ2n) is 5.78. The van der Waals surface area contributed by atoms with Gasteiger partial charge in [0.1, 0.15) is 0 Å². The third-order valence-electron chi connectivity index (χ3n) is 3.87. The van der Waals surface area contributed by atoms with Crippen LogP contribution in [0.25, 0.3) is 11.3 Å². The summed E-state index contributed by atoms with van der Waals surface area (Å²) in [5.74, 6) is 0.486. The van der Waals surface area contributed by atoms with Gasteiger partial charge >= 0.3 is 0 Å². The Hall–Kier alpha value is -2.83. The molecule has 134 valence electrons. The van der Waals surface area contributed by atoms with E-state index in [9.17, 15) is 4.79 Å². The van der Waals surface area contributed by atoms with Crippen molar-refractivity contribution in [1.29, 1.82) is 0 Å². The normalized spacial score (nSPS) is 10.6. The summed E-state index contributed by atoms with van der Waals surface area (Å²) in [6.07, 6.45) is 1.65. The van der Waals surface area contributed by atoms with E-state index in [-0.39, 0.29) is 12.5 Å². The highest BCUT2D eigenvalue weighted by Gasteiger charge is 2.14. The largest absolute Gasteiger partial charge is 0.423 e. The number of nitrogens with one attached hydrogen (secondary N) is 1. The molecule has 3 aromatic rings. The molecule has 0 saturated heterocycles. The van der Waals surface area contributed by atoms with E-state index < -0.39 is 0 Å². The summed E-state index contributed by atoms with van der Waals surface area (Å²) in [7, 11) is 1.72. The smallest absolute Gasteiger partial charge is 0.299 e. The van der Waals surface area contributed by atoms with E-state index in [4.69, 9.17) is 21.8 Å². The summed E-state index contributed by atoms with van der Waals surface area (Å²) < 4.78 is 5.83. The molecule has 3 rings (SSSR count). The number of likely N-dealkylation sites (N-methyl/N-ethyl adjacent to an activating group) is 1. The number of halogens is 1. The Labute approximate surface area is 156 Å². The highest BCUT2D eigenvalue weighted by molar-refractivity contribution is 6.30. The van der Waals surface area contributed by atoms with Gasteiger partial charge in [-0.2, -0.15) is 0 Å². The summed E-state index contributed by atoms with van der Waals surface area (Å²) in [4.78, 5) is 17.6. The third kappa shape index (κ3) is 4.22. The number of nitrogens with two attached hydrogens (primary N) is 1. The first-order chi connectivity index (χ1) is 12.6. The molecular weight excluding hydrogens is 352 g/mol. The Bertz CT molecular complexity index is 910. The molecular formula is C19H19ClN4O2. The number of amides is 1. The van der Waals surface area contributed by atoms with Gasteiger partial charge in [-0.25, -0.2) is 4.98 Å². The van der Waals surface area contributed by atoms with Gasteiger partial charge < -0.3 is 20.4 Å². The molecule has 0 spiro atoms. The van der Waals surface area contributed by atoms with Crippen LogP contribution in [0.5, 0.6) is 0 Å². The molecule has 1 aromatic heterocycles. The summed E-state index contributed by atoms with van der Waals surface area (Å²) in [5, 5.41) is 3.70. The number of hydrogen-bond donors (Lipinski definition) is 2. The fraction of sp³-hybridized carbons (Fsp3) is 0.158. The molecule has 1 amide bonds. The van der Waals surface area contributed by atoms with E-state index in [1.54, 1.807) is 30.3 Å². The van der Waals surface area contributed by atoms with Gasteiger partial charge in [0.25, 0.3) is 6.01 Å². The molecule has 0 saturated carbocycles. The van der Waals surface area contributed by atoms with Gasteiger partial charge in [0.2, 0.25) is 5.91 Å². The third-order valence-corrected chi connectivity index (χ3v) is 4.11. The summed E-state index contributed by atoms with van der Waals surface area (Å²) in [6, 6.07) is 15.4. The number of anilines is 2. The van der Waals surface area contributed by atoms with Gasteiger partial charge in [0, 0.05) is 29.9 Å². The monoisotopic (exact) mass is 370 g/mol. The molecule has 0 aliphatic heterocycles. The molecule has 0 atom stereocenters. The maximum atomic E-state index is 11.7. The summed E-state index contributed by atoms with van der Waals surface area (Å²) >= 11 is 5.99. The first kappa shape index (κ1) is 18.0. The van der Waals surface area contributed by atoms with E-state index >= 15 is 0 Å². The highest BCUT2D eigenvalue weighted by Crippen LogP contribution is 2.28. The van der Waals surface area contributed by atoms with Crippen LogP contribution in [0.2, 0.25) is 5.02 Å². The number of nitrogens with zero attached hydrogens (tertiary/aromatic N) is 2. The fourth-order valence-electron chi connectivity index (χ4n) is 2.54. The number of oxazole rings is 1. The minimum atomic E-state index is -0.124. The van der Waals surface area contributed by atoms with Crippen LogP contribution in [0.3, 0.4) is 0 Å². The Morgan fingerprint density at radius 2 is 2.08 bits per heavy atom. The molecule has 6 nitrogen and oxygen atoms in total. The molecule has 26 heavy (non-hydrogen) atoms. The van der Waals surface area contributed by atoms with Crippen LogP contribution in [-0.2, 0) is 11.3 Å². The van der Waals surface area contributed by atoms with Crippen molar-refractivity contribution in [3.63, 3.8) is 0 Å². The van der Waals surface area contributed by atoms with Crippen LogP contribution in [-0.4, -0.2) is 29.4 Å². The van der Waals surface area contributed by atoms with E-state index in [0.29, 0.717) is 23.3 Å². The van der Waals surface area contributed by atoms with Gasteiger partial charge in [-0.05, 0) is 23.8 Å². The van der Waals surface area contributed by atoms with Crippen molar-refractivity contribution < 1.29 is 9.21 Å². The standard InChI is InChI=1S/C19H19ClN4O2/c1-24(18(25)10-21)12-13-5-2-3-8-16(13)17-11-22-19(26-17)23-15-7-4-6-14(20)9-15/h2-9,11H,10,12,21H2,1H3,(H,22,23). The minimum absolute atomic E-state index is 0.0192. The van der Waals surface area contributed by atoms with Crippen molar-refractivity contribution in [1.82, 2.24) is 9.88 Å². The molecule has 3 N–H and O–H groups in total. The van der Waals surface area contributed by atoms with Crippen LogP contribution in [0.15, 0.2) is 59.1 Å². The highest BCUT2D eigenvalue weighted by atomic mass is 35.5.